The summed E-state index contributed by atoms with van der Waals surface area (Å²) in [4.78, 5) is 22.6. The molecule has 0 fully saturated rings. The van der Waals surface area contributed by atoms with Crippen LogP contribution < -0.4 is 10.0 Å². The fourth-order valence-corrected chi connectivity index (χ4v) is 4.36. The number of nitrogens with two attached hydrogens (primary N) is 1. The number of aromatic carboxylic acids is 1. The summed E-state index contributed by atoms with van der Waals surface area (Å²) in [5.74, 6) is -2.02. The highest BCUT2D eigenvalue weighted by atomic mass is 79.9. The normalized spacial score (nSPS) is 11.2. The van der Waals surface area contributed by atoms with E-state index in [1.165, 1.54) is 25.2 Å². The van der Waals surface area contributed by atoms with Crippen LogP contribution in [0, 0.1) is 6.92 Å². The number of carboxylic acids is 1. The fraction of sp³-hybridized carbons (Fsp3) is 0.125. The molecule has 0 atom stereocenters. The van der Waals surface area contributed by atoms with Gasteiger partial charge >= 0.3 is 5.97 Å². The number of hydrogen-bond donors (Lipinski definition) is 2. The highest BCUT2D eigenvalue weighted by molar-refractivity contribution is 9.10. The molecule has 0 aromatic heterocycles. The van der Waals surface area contributed by atoms with E-state index in [9.17, 15) is 23.1 Å². The molecular weight excluding hydrogens is 412 g/mol. The maximum Gasteiger partial charge on any atom is 0.335 e. The van der Waals surface area contributed by atoms with Gasteiger partial charge in [0.05, 0.1) is 21.7 Å². The van der Waals surface area contributed by atoms with Crippen LogP contribution in [0.15, 0.2) is 45.8 Å². The topological polar surface area (TPSA) is 118 Å². The molecule has 0 saturated carbocycles. The van der Waals surface area contributed by atoms with E-state index in [2.05, 4.69) is 15.9 Å². The number of rotatable bonds is 5. The van der Waals surface area contributed by atoms with Crippen molar-refractivity contribution in [1.82, 2.24) is 0 Å². The van der Waals surface area contributed by atoms with Crippen molar-refractivity contribution in [2.45, 2.75) is 11.8 Å². The molecule has 0 heterocycles. The summed E-state index contributed by atoms with van der Waals surface area (Å²) in [6, 6.07) is 8.42. The quantitative estimate of drug-likeness (QED) is 0.760. The molecule has 0 aliphatic rings. The summed E-state index contributed by atoms with van der Waals surface area (Å²) >= 11 is 3.18. The Bertz CT molecular complexity index is 972. The molecule has 0 aliphatic carbocycles. The van der Waals surface area contributed by atoms with Gasteiger partial charge in [-0.3, -0.25) is 9.10 Å². The lowest BCUT2D eigenvalue weighted by Crippen LogP contribution is -2.30. The molecule has 9 heteroatoms. The highest BCUT2D eigenvalue weighted by Crippen LogP contribution is 2.31. The summed E-state index contributed by atoms with van der Waals surface area (Å²) < 4.78 is 27.3. The third-order valence-corrected chi connectivity index (χ3v) is 6.41. The van der Waals surface area contributed by atoms with Crippen molar-refractivity contribution >= 4 is 43.5 Å². The van der Waals surface area contributed by atoms with Gasteiger partial charge in [0.1, 0.15) is 0 Å². The zero-order valence-corrected chi connectivity index (χ0v) is 15.8. The van der Waals surface area contributed by atoms with Crippen LogP contribution in [0.4, 0.5) is 5.69 Å². The first-order valence-corrected chi connectivity index (χ1v) is 9.22. The number of nitrogens with zero attached hydrogens (tertiary/aromatic N) is 1. The van der Waals surface area contributed by atoms with Crippen molar-refractivity contribution in [2.75, 3.05) is 11.4 Å². The predicted molar refractivity (Wildman–Crippen MR) is 96.4 cm³/mol. The summed E-state index contributed by atoms with van der Waals surface area (Å²) in [5, 5.41) is 9.17. The van der Waals surface area contributed by atoms with Crippen LogP contribution >= 0.6 is 15.9 Å². The van der Waals surface area contributed by atoms with Crippen LogP contribution in [0.1, 0.15) is 26.3 Å². The van der Waals surface area contributed by atoms with E-state index in [-0.39, 0.29) is 21.7 Å². The number of halogens is 1. The van der Waals surface area contributed by atoms with Crippen LogP contribution in [0.3, 0.4) is 0 Å². The van der Waals surface area contributed by atoms with Crippen molar-refractivity contribution in [3.63, 3.8) is 0 Å². The first-order chi connectivity index (χ1) is 11.6. The van der Waals surface area contributed by atoms with Crippen LogP contribution in [0.5, 0.6) is 0 Å². The Balaban J connectivity index is 2.68. The molecule has 2 aromatic carbocycles. The van der Waals surface area contributed by atoms with E-state index in [1.807, 2.05) is 0 Å². The minimum Gasteiger partial charge on any atom is -0.478 e. The predicted octanol–water partition coefficient (Wildman–Crippen LogP) is 2.38. The lowest BCUT2D eigenvalue weighted by atomic mass is 10.1. The smallest absolute Gasteiger partial charge is 0.335 e. The van der Waals surface area contributed by atoms with Crippen LogP contribution in [-0.4, -0.2) is 32.4 Å². The van der Waals surface area contributed by atoms with E-state index < -0.39 is 21.9 Å². The summed E-state index contributed by atoms with van der Waals surface area (Å²) in [6.07, 6.45) is 0. The molecule has 0 saturated heterocycles. The fourth-order valence-electron chi connectivity index (χ4n) is 2.28. The molecule has 0 aliphatic heterocycles. The SMILES string of the molecule is Cc1c(Br)cc(C(=O)O)cc1S(=O)(=O)N(C)c1ccccc1C(N)=O. The monoisotopic (exact) mass is 426 g/mol. The minimum absolute atomic E-state index is 0.0414. The number of primary amides is 1. The Morgan fingerprint density at radius 2 is 1.80 bits per heavy atom. The molecular formula is C16H15BrN2O5S. The molecule has 0 radical (unpaired) electrons. The first-order valence-electron chi connectivity index (χ1n) is 6.98. The number of carbonyl (C=O) groups excluding carboxylic acids is 1. The van der Waals surface area contributed by atoms with E-state index in [0.717, 1.165) is 10.4 Å². The van der Waals surface area contributed by atoms with Crippen molar-refractivity contribution in [2.24, 2.45) is 5.73 Å². The third kappa shape index (κ3) is 3.52. The molecule has 0 spiro atoms. The number of para-hydroxylation sites is 1. The maximum absolute atomic E-state index is 13.0. The number of benzene rings is 2. The zero-order chi connectivity index (χ0) is 18.9. The standard InChI is InChI=1S/C16H15BrN2O5S/c1-9-12(17)7-10(16(21)22)8-14(9)25(23,24)19(2)13-6-4-3-5-11(13)15(18)20/h3-8H,1-2H3,(H2,18,20)(H,21,22). The summed E-state index contributed by atoms with van der Waals surface area (Å²) in [6.45, 7) is 1.55. The van der Waals surface area contributed by atoms with Gasteiger partial charge in [-0.25, -0.2) is 13.2 Å². The number of carbonyl (C=O) groups is 2. The second kappa shape index (κ2) is 6.85. The Hall–Kier alpha value is -2.39. The largest absolute Gasteiger partial charge is 0.478 e. The molecule has 3 N–H and O–H groups in total. The number of anilines is 1. The van der Waals surface area contributed by atoms with E-state index in [0.29, 0.717) is 10.0 Å². The Labute approximate surface area is 153 Å². The van der Waals surface area contributed by atoms with Gasteiger partial charge < -0.3 is 10.8 Å². The van der Waals surface area contributed by atoms with E-state index in [4.69, 9.17) is 5.73 Å². The van der Waals surface area contributed by atoms with Crippen molar-refractivity contribution < 1.29 is 23.1 Å². The minimum atomic E-state index is -4.13. The second-order valence-corrected chi connectivity index (χ2v) is 8.03. The van der Waals surface area contributed by atoms with Gasteiger partial charge in [-0.2, -0.15) is 0 Å². The Morgan fingerprint density at radius 1 is 1.20 bits per heavy atom. The van der Waals surface area contributed by atoms with Gasteiger partial charge in [-0.15, -0.1) is 0 Å². The van der Waals surface area contributed by atoms with Crippen molar-refractivity contribution in [3.8, 4) is 0 Å². The van der Waals surface area contributed by atoms with E-state index in [1.54, 1.807) is 19.1 Å². The first kappa shape index (κ1) is 18.9. The number of carboxylic acid groups (broad SMARTS) is 1. The highest BCUT2D eigenvalue weighted by Gasteiger charge is 2.28. The summed E-state index contributed by atoms with van der Waals surface area (Å²) in [5.41, 5.74) is 5.63. The van der Waals surface area contributed by atoms with Crippen molar-refractivity contribution in [1.29, 1.82) is 0 Å². The maximum atomic E-state index is 13.0. The molecule has 0 bridgehead atoms. The van der Waals surface area contributed by atoms with E-state index >= 15 is 0 Å². The van der Waals surface area contributed by atoms with Gasteiger partial charge in [0.2, 0.25) is 0 Å². The Morgan fingerprint density at radius 3 is 2.36 bits per heavy atom. The molecule has 7 nitrogen and oxygen atoms in total. The molecule has 2 rings (SSSR count). The Kier molecular flexibility index (Phi) is 5.19. The number of amides is 1. The lowest BCUT2D eigenvalue weighted by molar-refractivity contribution is 0.0696. The molecule has 2 aromatic rings. The lowest BCUT2D eigenvalue weighted by Gasteiger charge is -2.23. The molecule has 0 unspecified atom stereocenters. The van der Waals surface area contributed by atoms with Gasteiger partial charge in [0.25, 0.3) is 15.9 Å². The molecule has 25 heavy (non-hydrogen) atoms. The van der Waals surface area contributed by atoms with Gasteiger partial charge in [-0.05, 0) is 36.8 Å². The average molecular weight is 427 g/mol. The average Bonchev–Trinajstić information content (AvgIpc) is 2.55. The number of sulfonamides is 1. The van der Waals surface area contributed by atoms with Gasteiger partial charge in [0.15, 0.2) is 0 Å². The molecule has 1 amide bonds. The van der Waals surface area contributed by atoms with Crippen LogP contribution in [0.25, 0.3) is 0 Å². The molecule has 132 valence electrons. The third-order valence-electron chi connectivity index (χ3n) is 3.69. The van der Waals surface area contributed by atoms with Gasteiger partial charge in [-0.1, -0.05) is 28.1 Å². The summed E-state index contributed by atoms with van der Waals surface area (Å²) in [7, 11) is -2.85. The zero-order valence-electron chi connectivity index (χ0n) is 13.4. The van der Waals surface area contributed by atoms with Crippen molar-refractivity contribution in [3.05, 3.63) is 57.6 Å². The van der Waals surface area contributed by atoms with Crippen LogP contribution in [0.2, 0.25) is 0 Å². The van der Waals surface area contributed by atoms with Crippen LogP contribution in [-0.2, 0) is 10.0 Å². The number of hydrogen-bond acceptors (Lipinski definition) is 4. The second-order valence-electron chi connectivity index (χ2n) is 5.24. The van der Waals surface area contributed by atoms with Gasteiger partial charge in [0, 0.05) is 11.5 Å².